The van der Waals surface area contributed by atoms with Gasteiger partial charge in [0.05, 0.1) is 12.7 Å². The van der Waals surface area contributed by atoms with Crippen LogP contribution < -0.4 is 5.32 Å². The van der Waals surface area contributed by atoms with Crippen molar-refractivity contribution < 1.29 is 9.84 Å². The van der Waals surface area contributed by atoms with Crippen molar-refractivity contribution in [2.24, 2.45) is 17.3 Å². The second-order valence-corrected chi connectivity index (χ2v) is 6.46. The lowest BCUT2D eigenvalue weighted by Gasteiger charge is -2.35. The van der Waals surface area contributed by atoms with Crippen molar-refractivity contribution in [1.82, 2.24) is 5.32 Å². The van der Waals surface area contributed by atoms with E-state index in [1.54, 1.807) is 7.11 Å². The molecule has 3 heteroatoms. The minimum atomic E-state index is -0.266. The number of methoxy groups -OCH3 is 1. The lowest BCUT2D eigenvalue weighted by atomic mass is 9.80. The summed E-state index contributed by atoms with van der Waals surface area (Å²) in [5.74, 6) is 1.08. The molecule has 17 heavy (non-hydrogen) atoms. The van der Waals surface area contributed by atoms with Gasteiger partial charge < -0.3 is 15.2 Å². The molecule has 0 bridgehead atoms. The van der Waals surface area contributed by atoms with Gasteiger partial charge in [0, 0.05) is 25.1 Å². The second-order valence-electron chi connectivity index (χ2n) is 6.46. The predicted molar refractivity (Wildman–Crippen MR) is 71.0 cm³/mol. The Hall–Kier alpha value is -0.120. The van der Waals surface area contributed by atoms with Gasteiger partial charge >= 0.3 is 0 Å². The van der Waals surface area contributed by atoms with Crippen molar-refractivity contribution >= 4 is 0 Å². The Labute approximate surface area is 106 Å². The van der Waals surface area contributed by atoms with Crippen LogP contribution in [0, 0.1) is 17.3 Å². The van der Waals surface area contributed by atoms with E-state index >= 15 is 0 Å². The third-order valence-corrected chi connectivity index (χ3v) is 3.79. The lowest BCUT2D eigenvalue weighted by Crippen LogP contribution is -2.46. The van der Waals surface area contributed by atoms with Crippen LogP contribution in [0.4, 0.5) is 0 Å². The fourth-order valence-corrected chi connectivity index (χ4v) is 2.44. The highest BCUT2D eigenvalue weighted by molar-refractivity contribution is 4.89. The van der Waals surface area contributed by atoms with Gasteiger partial charge in [-0.15, -0.1) is 0 Å². The first kappa shape index (κ1) is 14.9. The number of rotatable bonds is 8. The van der Waals surface area contributed by atoms with Crippen molar-refractivity contribution in [1.29, 1.82) is 0 Å². The molecule has 1 fully saturated rings. The van der Waals surface area contributed by atoms with E-state index in [0.29, 0.717) is 12.0 Å². The fourth-order valence-electron chi connectivity index (χ4n) is 2.44. The number of hydrogen-bond donors (Lipinski definition) is 2. The third kappa shape index (κ3) is 4.57. The van der Waals surface area contributed by atoms with Crippen molar-refractivity contribution in [2.45, 2.75) is 52.7 Å². The maximum atomic E-state index is 10.2. The molecule has 1 aliphatic carbocycles. The molecular weight excluding hydrogens is 214 g/mol. The van der Waals surface area contributed by atoms with Crippen molar-refractivity contribution in [3.8, 4) is 0 Å². The standard InChI is InChI=1S/C14H29NO2/c1-10(2)13(16)14(3,4)9-15-12(8-17-5)11-6-7-11/h10-13,15-16H,6-9H2,1-5H3. The number of hydrogen-bond acceptors (Lipinski definition) is 3. The van der Waals surface area contributed by atoms with Crippen LogP contribution in [0.2, 0.25) is 0 Å². The quantitative estimate of drug-likeness (QED) is 0.685. The zero-order chi connectivity index (χ0) is 13.1. The average Bonchev–Trinajstić information content (AvgIpc) is 3.06. The molecule has 102 valence electrons. The molecule has 0 aromatic carbocycles. The molecule has 0 radical (unpaired) electrons. The van der Waals surface area contributed by atoms with Gasteiger partial charge in [0.25, 0.3) is 0 Å². The molecule has 0 heterocycles. The van der Waals surface area contributed by atoms with Gasteiger partial charge in [0.1, 0.15) is 0 Å². The number of aliphatic hydroxyl groups is 1. The molecule has 0 saturated heterocycles. The van der Waals surface area contributed by atoms with Crippen molar-refractivity contribution in [2.75, 3.05) is 20.3 Å². The molecule has 2 N–H and O–H groups in total. The zero-order valence-corrected chi connectivity index (χ0v) is 12.0. The molecule has 1 aliphatic rings. The van der Waals surface area contributed by atoms with Crippen LogP contribution in [0.25, 0.3) is 0 Å². The predicted octanol–water partition coefficient (Wildman–Crippen LogP) is 2.04. The summed E-state index contributed by atoms with van der Waals surface area (Å²) in [6.07, 6.45) is 2.36. The van der Waals surface area contributed by atoms with Gasteiger partial charge in [-0.2, -0.15) is 0 Å². The molecule has 0 aliphatic heterocycles. The zero-order valence-electron chi connectivity index (χ0n) is 12.0. The van der Waals surface area contributed by atoms with Crippen molar-refractivity contribution in [3.63, 3.8) is 0 Å². The largest absolute Gasteiger partial charge is 0.392 e. The summed E-state index contributed by atoms with van der Waals surface area (Å²) < 4.78 is 5.25. The monoisotopic (exact) mass is 243 g/mol. The first-order valence-corrected chi connectivity index (χ1v) is 6.79. The highest BCUT2D eigenvalue weighted by Crippen LogP contribution is 2.33. The van der Waals surface area contributed by atoms with E-state index in [-0.39, 0.29) is 11.5 Å². The summed E-state index contributed by atoms with van der Waals surface area (Å²) in [6, 6.07) is 0.457. The minimum Gasteiger partial charge on any atom is -0.392 e. The number of aliphatic hydroxyl groups excluding tert-OH is 1. The summed E-state index contributed by atoms with van der Waals surface area (Å²) in [5, 5.41) is 13.8. The van der Waals surface area contributed by atoms with Crippen LogP contribution in [0.1, 0.15) is 40.5 Å². The summed E-state index contributed by atoms with van der Waals surface area (Å²) in [5.41, 5.74) is -0.0882. The normalized spacial score (nSPS) is 20.6. The Bertz CT molecular complexity index is 224. The van der Waals surface area contributed by atoms with Gasteiger partial charge in [-0.05, 0) is 24.7 Å². The Morgan fingerprint density at radius 1 is 1.35 bits per heavy atom. The second kappa shape index (κ2) is 6.17. The van der Waals surface area contributed by atoms with E-state index in [0.717, 1.165) is 19.1 Å². The smallest absolute Gasteiger partial charge is 0.0626 e. The summed E-state index contributed by atoms with van der Waals surface area (Å²) in [4.78, 5) is 0. The first-order chi connectivity index (χ1) is 7.88. The maximum absolute atomic E-state index is 10.2. The third-order valence-electron chi connectivity index (χ3n) is 3.79. The van der Waals surface area contributed by atoms with Crippen LogP contribution in [-0.2, 0) is 4.74 Å². The summed E-state index contributed by atoms with van der Waals surface area (Å²) in [6.45, 7) is 10.0. The van der Waals surface area contributed by atoms with Gasteiger partial charge in [-0.3, -0.25) is 0 Å². The average molecular weight is 243 g/mol. The van der Waals surface area contributed by atoms with E-state index in [9.17, 15) is 5.11 Å². The molecular formula is C14H29NO2. The molecule has 0 aromatic heterocycles. The SMILES string of the molecule is COCC(NCC(C)(C)C(O)C(C)C)C1CC1. The molecule has 0 aromatic rings. The minimum absolute atomic E-state index is 0.0882. The van der Waals surface area contributed by atoms with Crippen molar-refractivity contribution in [3.05, 3.63) is 0 Å². The maximum Gasteiger partial charge on any atom is 0.0626 e. The van der Waals surface area contributed by atoms with Gasteiger partial charge in [-0.1, -0.05) is 27.7 Å². The molecule has 3 nitrogen and oxygen atoms in total. The van der Waals surface area contributed by atoms with Crippen LogP contribution in [-0.4, -0.2) is 37.5 Å². The Morgan fingerprint density at radius 3 is 2.35 bits per heavy atom. The fraction of sp³-hybridized carbons (Fsp3) is 1.00. The van der Waals surface area contributed by atoms with E-state index < -0.39 is 0 Å². The molecule has 2 atom stereocenters. The molecule has 1 rings (SSSR count). The Balaban J connectivity index is 2.40. The van der Waals surface area contributed by atoms with Crippen LogP contribution in [0.3, 0.4) is 0 Å². The van der Waals surface area contributed by atoms with Gasteiger partial charge in [-0.25, -0.2) is 0 Å². The number of nitrogens with one attached hydrogen (secondary N) is 1. The molecule has 0 amide bonds. The van der Waals surface area contributed by atoms with E-state index in [1.165, 1.54) is 12.8 Å². The topological polar surface area (TPSA) is 41.5 Å². The van der Waals surface area contributed by atoms with E-state index in [2.05, 4.69) is 33.0 Å². The van der Waals surface area contributed by atoms with Crippen LogP contribution in [0.5, 0.6) is 0 Å². The van der Waals surface area contributed by atoms with Crippen LogP contribution >= 0.6 is 0 Å². The summed E-state index contributed by atoms with van der Waals surface area (Å²) in [7, 11) is 1.76. The highest BCUT2D eigenvalue weighted by atomic mass is 16.5. The Morgan fingerprint density at radius 2 is 1.94 bits per heavy atom. The molecule has 2 unspecified atom stereocenters. The van der Waals surface area contributed by atoms with E-state index in [4.69, 9.17) is 4.74 Å². The van der Waals surface area contributed by atoms with Gasteiger partial charge in [0.2, 0.25) is 0 Å². The number of ether oxygens (including phenoxy) is 1. The van der Waals surface area contributed by atoms with E-state index in [1.807, 2.05) is 0 Å². The molecule has 1 saturated carbocycles. The van der Waals surface area contributed by atoms with Crippen LogP contribution in [0.15, 0.2) is 0 Å². The summed E-state index contributed by atoms with van der Waals surface area (Å²) >= 11 is 0. The lowest BCUT2D eigenvalue weighted by molar-refractivity contribution is 0.00970. The van der Waals surface area contributed by atoms with Gasteiger partial charge in [0.15, 0.2) is 0 Å². The Kier molecular flexibility index (Phi) is 5.42. The molecule has 0 spiro atoms. The first-order valence-electron chi connectivity index (χ1n) is 6.79. The highest BCUT2D eigenvalue weighted by Gasteiger charge is 2.34.